The van der Waals surface area contributed by atoms with Gasteiger partial charge in [-0.3, -0.25) is 0 Å². The Kier molecular flexibility index (Phi) is 3.12. The zero-order valence-electron chi connectivity index (χ0n) is 9.93. The molecular formula is C14H7Cl2NO3. The van der Waals surface area contributed by atoms with E-state index in [0.29, 0.717) is 32.6 Å². The zero-order valence-corrected chi connectivity index (χ0v) is 11.4. The number of benzene rings is 2. The molecular weight excluding hydrogens is 301 g/mol. The van der Waals surface area contributed by atoms with Crippen molar-refractivity contribution in [2.75, 3.05) is 0 Å². The quantitative estimate of drug-likeness (QED) is 0.757. The van der Waals surface area contributed by atoms with Gasteiger partial charge in [-0.05, 0) is 36.4 Å². The summed E-state index contributed by atoms with van der Waals surface area (Å²) in [5, 5.41) is 9.92. The lowest BCUT2D eigenvalue weighted by Gasteiger charge is -1.99. The largest absolute Gasteiger partial charge is 0.478 e. The maximum absolute atomic E-state index is 10.9. The molecule has 0 spiro atoms. The van der Waals surface area contributed by atoms with Gasteiger partial charge in [0.1, 0.15) is 5.52 Å². The third-order valence-corrected chi connectivity index (χ3v) is 3.36. The molecule has 0 fully saturated rings. The van der Waals surface area contributed by atoms with Crippen LogP contribution in [0.25, 0.3) is 22.6 Å². The van der Waals surface area contributed by atoms with Crippen molar-refractivity contribution in [3.8, 4) is 11.5 Å². The smallest absolute Gasteiger partial charge is 0.335 e. The van der Waals surface area contributed by atoms with E-state index in [2.05, 4.69) is 4.98 Å². The van der Waals surface area contributed by atoms with Gasteiger partial charge >= 0.3 is 5.97 Å². The lowest BCUT2D eigenvalue weighted by atomic mass is 10.2. The van der Waals surface area contributed by atoms with Crippen molar-refractivity contribution in [2.24, 2.45) is 0 Å². The molecule has 1 N–H and O–H groups in total. The summed E-state index contributed by atoms with van der Waals surface area (Å²) in [5.41, 5.74) is 1.64. The van der Waals surface area contributed by atoms with Crippen LogP contribution in [0.2, 0.25) is 10.0 Å². The van der Waals surface area contributed by atoms with E-state index < -0.39 is 5.97 Å². The fourth-order valence-corrected chi connectivity index (χ4v) is 2.20. The Bertz CT molecular complexity index is 826. The molecule has 3 rings (SSSR count). The van der Waals surface area contributed by atoms with Gasteiger partial charge in [0.15, 0.2) is 5.58 Å². The lowest BCUT2D eigenvalue weighted by Crippen LogP contribution is -1.94. The van der Waals surface area contributed by atoms with Gasteiger partial charge in [-0.15, -0.1) is 0 Å². The number of oxazole rings is 1. The van der Waals surface area contributed by atoms with Crippen LogP contribution in [-0.2, 0) is 0 Å². The van der Waals surface area contributed by atoms with Gasteiger partial charge in [0.25, 0.3) is 0 Å². The molecule has 0 radical (unpaired) electrons. The second kappa shape index (κ2) is 4.81. The van der Waals surface area contributed by atoms with Crippen LogP contribution in [0.3, 0.4) is 0 Å². The van der Waals surface area contributed by atoms with E-state index in [0.717, 1.165) is 0 Å². The average molecular weight is 308 g/mol. The first kappa shape index (κ1) is 13.0. The number of aromatic nitrogens is 1. The van der Waals surface area contributed by atoms with Crippen LogP contribution < -0.4 is 0 Å². The summed E-state index contributed by atoms with van der Waals surface area (Å²) in [6, 6.07) is 9.44. The molecule has 0 saturated heterocycles. The van der Waals surface area contributed by atoms with Crippen LogP contribution in [-0.4, -0.2) is 16.1 Å². The summed E-state index contributed by atoms with van der Waals surface area (Å²) >= 11 is 12.0. The molecule has 6 heteroatoms. The highest BCUT2D eigenvalue weighted by atomic mass is 35.5. The van der Waals surface area contributed by atoms with Gasteiger partial charge in [-0.1, -0.05) is 23.2 Å². The minimum absolute atomic E-state index is 0.136. The molecule has 0 aliphatic carbocycles. The summed E-state index contributed by atoms with van der Waals surface area (Å²) in [6.45, 7) is 0. The molecule has 3 aromatic rings. The number of carboxylic acid groups (broad SMARTS) is 1. The average Bonchev–Trinajstić information content (AvgIpc) is 2.83. The van der Waals surface area contributed by atoms with E-state index in [4.69, 9.17) is 32.7 Å². The summed E-state index contributed by atoms with van der Waals surface area (Å²) in [5.74, 6) is -0.722. The molecule has 0 amide bonds. The minimum atomic E-state index is -1.02. The highest BCUT2D eigenvalue weighted by molar-refractivity contribution is 6.35. The third-order valence-electron chi connectivity index (χ3n) is 2.79. The van der Waals surface area contributed by atoms with E-state index in [9.17, 15) is 4.79 Å². The first-order chi connectivity index (χ1) is 9.54. The molecule has 1 aromatic heterocycles. The molecule has 0 saturated carbocycles. The number of fused-ring (bicyclic) bond motifs is 1. The molecule has 100 valence electrons. The Hall–Kier alpha value is -2.04. The predicted molar refractivity (Wildman–Crippen MR) is 76.4 cm³/mol. The fourth-order valence-electron chi connectivity index (χ4n) is 1.83. The maximum Gasteiger partial charge on any atom is 0.335 e. The van der Waals surface area contributed by atoms with Crippen LogP contribution in [0.4, 0.5) is 0 Å². The van der Waals surface area contributed by atoms with Crippen LogP contribution in [0.15, 0.2) is 40.8 Å². The van der Waals surface area contributed by atoms with Crippen LogP contribution in [0.5, 0.6) is 0 Å². The van der Waals surface area contributed by atoms with E-state index in [-0.39, 0.29) is 5.56 Å². The second-order valence-electron chi connectivity index (χ2n) is 4.13. The van der Waals surface area contributed by atoms with Crippen molar-refractivity contribution in [1.82, 2.24) is 4.98 Å². The fraction of sp³-hybridized carbons (Fsp3) is 0. The van der Waals surface area contributed by atoms with Crippen molar-refractivity contribution in [1.29, 1.82) is 0 Å². The minimum Gasteiger partial charge on any atom is -0.478 e. The molecule has 0 atom stereocenters. The number of hydrogen-bond donors (Lipinski definition) is 1. The molecule has 0 unspecified atom stereocenters. The van der Waals surface area contributed by atoms with Gasteiger partial charge < -0.3 is 9.52 Å². The van der Waals surface area contributed by atoms with Crippen molar-refractivity contribution in [2.45, 2.75) is 0 Å². The van der Waals surface area contributed by atoms with Crippen molar-refractivity contribution in [3.63, 3.8) is 0 Å². The zero-order chi connectivity index (χ0) is 14.3. The predicted octanol–water partition coefficient (Wildman–Crippen LogP) is 4.50. The van der Waals surface area contributed by atoms with Crippen LogP contribution in [0, 0.1) is 0 Å². The maximum atomic E-state index is 10.9. The Labute approximate surface area is 123 Å². The van der Waals surface area contributed by atoms with Gasteiger partial charge in [0, 0.05) is 5.02 Å². The molecule has 20 heavy (non-hydrogen) atoms. The standard InChI is InChI=1S/C14H7Cl2NO3/c15-8-2-3-10(16)9(6-8)13-17-11-4-1-7(14(18)19)5-12(11)20-13/h1-6H,(H,18,19). The molecule has 4 nitrogen and oxygen atoms in total. The van der Waals surface area contributed by atoms with E-state index in [1.54, 1.807) is 24.3 Å². The number of nitrogens with zero attached hydrogens (tertiary/aromatic N) is 1. The van der Waals surface area contributed by atoms with Gasteiger partial charge in [0.2, 0.25) is 5.89 Å². The van der Waals surface area contributed by atoms with Crippen molar-refractivity contribution in [3.05, 3.63) is 52.0 Å². The van der Waals surface area contributed by atoms with E-state index in [1.807, 2.05) is 0 Å². The SMILES string of the molecule is O=C(O)c1ccc2nc(-c3cc(Cl)ccc3Cl)oc2c1. The Morgan fingerprint density at radius 2 is 1.95 bits per heavy atom. The Morgan fingerprint density at radius 3 is 2.70 bits per heavy atom. The first-order valence-corrected chi connectivity index (χ1v) is 6.39. The van der Waals surface area contributed by atoms with Gasteiger partial charge in [-0.2, -0.15) is 0 Å². The lowest BCUT2D eigenvalue weighted by molar-refractivity contribution is 0.0697. The third kappa shape index (κ3) is 2.24. The first-order valence-electron chi connectivity index (χ1n) is 5.64. The van der Waals surface area contributed by atoms with Crippen LogP contribution in [0.1, 0.15) is 10.4 Å². The van der Waals surface area contributed by atoms with Gasteiger partial charge in [-0.25, -0.2) is 9.78 Å². The molecule has 0 aliphatic rings. The Balaban J connectivity index is 2.17. The molecule has 0 aliphatic heterocycles. The second-order valence-corrected chi connectivity index (χ2v) is 4.97. The highest BCUT2D eigenvalue weighted by Gasteiger charge is 2.13. The highest BCUT2D eigenvalue weighted by Crippen LogP contribution is 2.32. The number of hydrogen-bond acceptors (Lipinski definition) is 3. The van der Waals surface area contributed by atoms with Crippen molar-refractivity contribution < 1.29 is 14.3 Å². The molecule has 2 aromatic carbocycles. The molecule has 0 bridgehead atoms. The topological polar surface area (TPSA) is 63.3 Å². The number of rotatable bonds is 2. The van der Waals surface area contributed by atoms with Crippen molar-refractivity contribution >= 4 is 40.3 Å². The molecule has 1 heterocycles. The normalized spacial score (nSPS) is 10.9. The number of carbonyl (C=O) groups is 1. The Morgan fingerprint density at radius 1 is 1.15 bits per heavy atom. The number of aromatic carboxylic acids is 1. The summed E-state index contributed by atoms with van der Waals surface area (Å²) in [7, 11) is 0. The summed E-state index contributed by atoms with van der Waals surface area (Å²) in [6.07, 6.45) is 0. The monoisotopic (exact) mass is 307 g/mol. The van der Waals surface area contributed by atoms with E-state index >= 15 is 0 Å². The van der Waals surface area contributed by atoms with Gasteiger partial charge in [0.05, 0.1) is 16.1 Å². The number of carboxylic acids is 1. The number of halogens is 2. The van der Waals surface area contributed by atoms with Crippen LogP contribution >= 0.6 is 23.2 Å². The summed E-state index contributed by atoms with van der Waals surface area (Å²) in [4.78, 5) is 15.2. The summed E-state index contributed by atoms with van der Waals surface area (Å²) < 4.78 is 5.56. The van der Waals surface area contributed by atoms with E-state index in [1.165, 1.54) is 12.1 Å².